The number of nitrogens with one attached hydrogen (secondary N) is 2. The zero-order chi connectivity index (χ0) is 20.8. The quantitative estimate of drug-likeness (QED) is 0.618. The van der Waals surface area contributed by atoms with Crippen LogP contribution < -0.4 is 20.1 Å². The molecule has 30 heavy (non-hydrogen) atoms. The minimum atomic E-state index is -0.278. The van der Waals surface area contributed by atoms with Crippen LogP contribution >= 0.6 is 0 Å². The van der Waals surface area contributed by atoms with E-state index < -0.39 is 0 Å². The monoisotopic (exact) mass is 406 g/mol. The number of carbonyl (C=O) groups excluding carboxylic acids is 1. The maximum Gasteiger partial charge on any atom is 0.315 e. The van der Waals surface area contributed by atoms with Crippen LogP contribution in [-0.4, -0.2) is 18.9 Å². The summed E-state index contributed by atoms with van der Waals surface area (Å²) in [6.45, 7) is 0.665. The Labute approximate surface area is 174 Å². The molecule has 0 radical (unpaired) electrons. The first kappa shape index (κ1) is 19.8. The molecule has 3 aromatic rings. The molecule has 1 aliphatic heterocycles. The van der Waals surface area contributed by atoms with E-state index in [1.807, 2.05) is 48.5 Å². The molecule has 1 atom stereocenters. The van der Waals surface area contributed by atoms with Gasteiger partial charge < -0.3 is 20.1 Å². The minimum absolute atomic E-state index is 0.174. The highest BCUT2D eigenvalue weighted by Gasteiger charge is 2.18. The standard InChI is InChI=1S/C24H23FN2O3/c25-20-9-6-17(7-10-20)12-21(13-19-8-11-22-23(14-19)30-16-29-22)27-24(28)26-15-18-4-2-1-3-5-18/h1-11,14,21H,12-13,15-16H2,(H2,26,27,28)/t21-/m1/s1. The van der Waals surface area contributed by atoms with Crippen molar-refractivity contribution < 1.29 is 18.7 Å². The molecular formula is C24H23FN2O3. The number of amides is 2. The van der Waals surface area contributed by atoms with E-state index in [4.69, 9.17) is 9.47 Å². The Morgan fingerprint density at radius 2 is 1.57 bits per heavy atom. The first-order chi connectivity index (χ1) is 14.7. The molecule has 1 aliphatic rings. The summed E-state index contributed by atoms with van der Waals surface area (Å²) in [7, 11) is 0. The second-order valence-corrected chi connectivity index (χ2v) is 7.23. The predicted molar refractivity (Wildman–Crippen MR) is 112 cm³/mol. The number of rotatable bonds is 7. The number of halogens is 1. The van der Waals surface area contributed by atoms with Gasteiger partial charge in [-0.15, -0.1) is 0 Å². The molecule has 5 nitrogen and oxygen atoms in total. The average Bonchev–Trinajstić information content (AvgIpc) is 3.22. The van der Waals surface area contributed by atoms with Crippen LogP contribution in [0.5, 0.6) is 11.5 Å². The average molecular weight is 406 g/mol. The fraction of sp³-hybridized carbons (Fsp3) is 0.208. The Balaban J connectivity index is 1.43. The van der Waals surface area contributed by atoms with Gasteiger partial charge in [-0.05, 0) is 53.8 Å². The third-order valence-corrected chi connectivity index (χ3v) is 4.95. The summed E-state index contributed by atoms with van der Waals surface area (Å²) in [4.78, 5) is 12.5. The summed E-state index contributed by atoms with van der Waals surface area (Å²) in [5.74, 6) is 1.16. The maximum absolute atomic E-state index is 13.3. The molecule has 1 heterocycles. The van der Waals surface area contributed by atoms with E-state index >= 15 is 0 Å². The van der Waals surface area contributed by atoms with Crippen molar-refractivity contribution in [1.82, 2.24) is 10.6 Å². The lowest BCUT2D eigenvalue weighted by molar-refractivity contribution is 0.174. The Hall–Kier alpha value is -3.54. The van der Waals surface area contributed by atoms with Crippen molar-refractivity contribution >= 4 is 6.03 Å². The molecular weight excluding hydrogens is 383 g/mol. The molecule has 6 heteroatoms. The molecule has 0 spiro atoms. The summed E-state index contributed by atoms with van der Waals surface area (Å²) in [5.41, 5.74) is 3.00. The number of hydrogen-bond acceptors (Lipinski definition) is 3. The Morgan fingerprint density at radius 1 is 0.867 bits per heavy atom. The molecule has 0 saturated heterocycles. The number of carbonyl (C=O) groups is 1. The summed E-state index contributed by atoms with van der Waals surface area (Å²) < 4.78 is 24.1. The van der Waals surface area contributed by atoms with Crippen molar-refractivity contribution in [2.75, 3.05) is 6.79 Å². The zero-order valence-electron chi connectivity index (χ0n) is 16.4. The lowest BCUT2D eigenvalue weighted by atomic mass is 9.98. The molecule has 4 rings (SSSR count). The van der Waals surface area contributed by atoms with E-state index in [9.17, 15) is 9.18 Å². The van der Waals surface area contributed by atoms with E-state index in [1.54, 1.807) is 12.1 Å². The van der Waals surface area contributed by atoms with Crippen LogP contribution in [-0.2, 0) is 19.4 Å². The lowest BCUT2D eigenvalue weighted by Crippen LogP contribution is -2.43. The Bertz CT molecular complexity index is 993. The summed E-state index contributed by atoms with van der Waals surface area (Å²) >= 11 is 0. The molecule has 2 amide bonds. The lowest BCUT2D eigenvalue weighted by Gasteiger charge is -2.20. The molecule has 0 bridgehead atoms. The second-order valence-electron chi connectivity index (χ2n) is 7.23. The largest absolute Gasteiger partial charge is 0.454 e. The van der Waals surface area contributed by atoms with Crippen LogP contribution in [0.25, 0.3) is 0 Å². The van der Waals surface area contributed by atoms with Crippen LogP contribution in [0.3, 0.4) is 0 Å². The SMILES string of the molecule is O=C(NCc1ccccc1)N[C@H](Cc1ccc(F)cc1)Cc1ccc2c(c1)OCO2. The number of ether oxygens (including phenoxy) is 2. The molecule has 2 N–H and O–H groups in total. The van der Waals surface area contributed by atoms with Gasteiger partial charge in [-0.25, -0.2) is 9.18 Å². The number of fused-ring (bicyclic) bond motifs is 1. The highest BCUT2D eigenvalue weighted by molar-refractivity contribution is 5.74. The minimum Gasteiger partial charge on any atom is -0.454 e. The Morgan fingerprint density at radius 3 is 2.37 bits per heavy atom. The normalized spacial score (nSPS) is 13.0. The topological polar surface area (TPSA) is 59.6 Å². The first-order valence-corrected chi connectivity index (χ1v) is 9.87. The smallest absolute Gasteiger partial charge is 0.315 e. The summed E-state index contributed by atoms with van der Waals surface area (Å²) in [6.07, 6.45) is 1.18. The van der Waals surface area contributed by atoms with Crippen molar-refractivity contribution in [2.24, 2.45) is 0 Å². The fourth-order valence-corrected chi connectivity index (χ4v) is 3.45. The second kappa shape index (κ2) is 9.31. The molecule has 0 aromatic heterocycles. The van der Waals surface area contributed by atoms with E-state index in [-0.39, 0.29) is 24.7 Å². The third-order valence-electron chi connectivity index (χ3n) is 4.95. The van der Waals surface area contributed by atoms with Gasteiger partial charge >= 0.3 is 6.03 Å². The van der Waals surface area contributed by atoms with E-state index in [0.29, 0.717) is 25.1 Å². The van der Waals surface area contributed by atoms with Crippen LogP contribution in [0.2, 0.25) is 0 Å². The fourth-order valence-electron chi connectivity index (χ4n) is 3.45. The summed E-state index contributed by atoms with van der Waals surface area (Å²) in [6, 6.07) is 21.4. The number of urea groups is 1. The molecule has 0 fully saturated rings. The van der Waals surface area contributed by atoms with Gasteiger partial charge in [-0.3, -0.25) is 0 Å². The zero-order valence-corrected chi connectivity index (χ0v) is 16.4. The van der Waals surface area contributed by atoms with Crippen molar-refractivity contribution in [3.05, 3.63) is 95.3 Å². The van der Waals surface area contributed by atoms with E-state index in [2.05, 4.69) is 10.6 Å². The van der Waals surface area contributed by atoms with E-state index in [1.165, 1.54) is 12.1 Å². The molecule has 0 saturated carbocycles. The third kappa shape index (κ3) is 5.29. The van der Waals surface area contributed by atoms with Gasteiger partial charge in [-0.1, -0.05) is 48.5 Å². The van der Waals surface area contributed by atoms with Crippen molar-refractivity contribution in [3.8, 4) is 11.5 Å². The van der Waals surface area contributed by atoms with Crippen LogP contribution in [0.1, 0.15) is 16.7 Å². The van der Waals surface area contributed by atoms with Crippen LogP contribution in [0.15, 0.2) is 72.8 Å². The van der Waals surface area contributed by atoms with Gasteiger partial charge in [0, 0.05) is 12.6 Å². The van der Waals surface area contributed by atoms with Gasteiger partial charge in [0.25, 0.3) is 0 Å². The van der Waals surface area contributed by atoms with Crippen molar-refractivity contribution in [2.45, 2.75) is 25.4 Å². The van der Waals surface area contributed by atoms with Gasteiger partial charge in [-0.2, -0.15) is 0 Å². The number of hydrogen-bond donors (Lipinski definition) is 2. The van der Waals surface area contributed by atoms with Crippen LogP contribution in [0.4, 0.5) is 9.18 Å². The van der Waals surface area contributed by atoms with E-state index in [0.717, 1.165) is 22.4 Å². The molecule has 3 aromatic carbocycles. The van der Waals surface area contributed by atoms with Gasteiger partial charge in [0.05, 0.1) is 0 Å². The molecule has 0 aliphatic carbocycles. The molecule has 0 unspecified atom stereocenters. The van der Waals surface area contributed by atoms with Gasteiger partial charge in [0.2, 0.25) is 6.79 Å². The summed E-state index contributed by atoms with van der Waals surface area (Å²) in [5, 5.41) is 5.95. The predicted octanol–water partition coefficient (Wildman–Crippen LogP) is 4.21. The Kier molecular flexibility index (Phi) is 6.13. The highest BCUT2D eigenvalue weighted by Crippen LogP contribution is 2.32. The highest BCUT2D eigenvalue weighted by atomic mass is 19.1. The maximum atomic E-state index is 13.3. The molecule has 154 valence electrons. The number of benzene rings is 3. The van der Waals surface area contributed by atoms with Crippen molar-refractivity contribution in [3.63, 3.8) is 0 Å². The first-order valence-electron chi connectivity index (χ1n) is 9.87. The van der Waals surface area contributed by atoms with Crippen molar-refractivity contribution in [1.29, 1.82) is 0 Å². The van der Waals surface area contributed by atoms with Gasteiger partial charge in [0.15, 0.2) is 11.5 Å². The van der Waals surface area contributed by atoms with Gasteiger partial charge in [0.1, 0.15) is 5.82 Å². The van der Waals surface area contributed by atoms with Crippen LogP contribution in [0, 0.1) is 5.82 Å².